The highest BCUT2D eigenvalue weighted by Crippen LogP contribution is 2.18. The third-order valence-corrected chi connectivity index (χ3v) is 2.50. The van der Waals surface area contributed by atoms with Crippen LogP contribution in [-0.4, -0.2) is 5.75 Å². The van der Waals surface area contributed by atoms with Crippen molar-refractivity contribution in [3.8, 4) is 0 Å². The molecule has 0 N–H and O–H groups in total. The predicted octanol–water partition coefficient (Wildman–Crippen LogP) is 3.33. The van der Waals surface area contributed by atoms with E-state index in [-0.39, 0.29) is 5.82 Å². The van der Waals surface area contributed by atoms with Gasteiger partial charge in [-0.05, 0) is 36.4 Å². The second kappa shape index (κ2) is 4.39. The standard InChI is InChI=1S/C9H11FS/c1-2-7-11-9-5-3-8(10)4-6-9/h3-6H,2,7H2,1H3. The molecule has 0 amide bonds. The van der Waals surface area contributed by atoms with E-state index in [0.717, 1.165) is 17.1 Å². The van der Waals surface area contributed by atoms with Crippen molar-refractivity contribution in [2.45, 2.75) is 18.2 Å². The molecule has 0 aliphatic carbocycles. The topological polar surface area (TPSA) is 0 Å². The molecule has 2 heteroatoms. The van der Waals surface area contributed by atoms with Crippen molar-refractivity contribution in [3.05, 3.63) is 30.1 Å². The average molecular weight is 170 g/mol. The van der Waals surface area contributed by atoms with Crippen LogP contribution in [0.2, 0.25) is 0 Å². The van der Waals surface area contributed by atoms with Gasteiger partial charge in [0.2, 0.25) is 0 Å². The molecule has 0 unspecified atom stereocenters. The van der Waals surface area contributed by atoms with Crippen LogP contribution in [0.1, 0.15) is 13.3 Å². The predicted molar refractivity (Wildman–Crippen MR) is 47.4 cm³/mol. The van der Waals surface area contributed by atoms with Crippen molar-refractivity contribution in [3.63, 3.8) is 0 Å². The summed E-state index contributed by atoms with van der Waals surface area (Å²) in [6.07, 6.45) is 1.15. The smallest absolute Gasteiger partial charge is 0.123 e. The van der Waals surface area contributed by atoms with Crippen molar-refractivity contribution in [2.75, 3.05) is 5.75 Å². The molecule has 0 saturated heterocycles. The molecule has 0 aromatic heterocycles. The fraction of sp³-hybridized carbons (Fsp3) is 0.333. The van der Waals surface area contributed by atoms with Gasteiger partial charge in [-0.2, -0.15) is 0 Å². The van der Waals surface area contributed by atoms with Crippen molar-refractivity contribution >= 4 is 11.8 Å². The Bertz CT molecular complexity index is 205. The Morgan fingerprint density at radius 1 is 1.27 bits per heavy atom. The van der Waals surface area contributed by atoms with Gasteiger partial charge in [-0.15, -0.1) is 11.8 Å². The van der Waals surface area contributed by atoms with Gasteiger partial charge in [-0.3, -0.25) is 0 Å². The molecule has 0 radical (unpaired) electrons. The second-order valence-electron chi connectivity index (χ2n) is 2.30. The van der Waals surface area contributed by atoms with Crippen molar-refractivity contribution in [2.24, 2.45) is 0 Å². The number of hydrogen-bond acceptors (Lipinski definition) is 1. The van der Waals surface area contributed by atoms with Gasteiger partial charge in [0.15, 0.2) is 0 Å². The largest absolute Gasteiger partial charge is 0.207 e. The Morgan fingerprint density at radius 3 is 2.45 bits per heavy atom. The van der Waals surface area contributed by atoms with E-state index in [4.69, 9.17) is 0 Å². The summed E-state index contributed by atoms with van der Waals surface area (Å²) in [7, 11) is 0. The van der Waals surface area contributed by atoms with Crippen molar-refractivity contribution in [1.82, 2.24) is 0 Å². The third-order valence-electron chi connectivity index (χ3n) is 1.29. The lowest BCUT2D eigenvalue weighted by Gasteiger charge is -1.97. The first-order valence-electron chi connectivity index (χ1n) is 3.71. The fourth-order valence-electron chi connectivity index (χ4n) is 0.751. The van der Waals surface area contributed by atoms with Gasteiger partial charge in [-0.1, -0.05) is 6.92 Å². The maximum absolute atomic E-state index is 12.4. The molecule has 0 heterocycles. The first kappa shape index (κ1) is 8.60. The zero-order valence-corrected chi connectivity index (χ0v) is 7.33. The van der Waals surface area contributed by atoms with E-state index in [1.807, 2.05) is 12.1 Å². The number of hydrogen-bond donors (Lipinski definition) is 0. The molecular formula is C9H11FS. The zero-order chi connectivity index (χ0) is 8.10. The molecule has 1 aromatic carbocycles. The molecule has 60 valence electrons. The average Bonchev–Trinajstić information content (AvgIpc) is 2.04. The summed E-state index contributed by atoms with van der Waals surface area (Å²) in [6, 6.07) is 6.63. The molecule has 1 aromatic rings. The molecule has 0 aliphatic heterocycles. The van der Waals surface area contributed by atoms with Crippen LogP contribution in [0.4, 0.5) is 4.39 Å². The summed E-state index contributed by atoms with van der Waals surface area (Å²) in [5.74, 6) is 0.942. The highest BCUT2D eigenvalue weighted by atomic mass is 32.2. The van der Waals surface area contributed by atoms with E-state index in [0.29, 0.717) is 0 Å². The number of thioether (sulfide) groups is 1. The van der Waals surface area contributed by atoms with Gasteiger partial charge in [0.05, 0.1) is 0 Å². The summed E-state index contributed by atoms with van der Waals surface area (Å²) in [6.45, 7) is 2.14. The third kappa shape index (κ3) is 2.93. The molecule has 0 nitrogen and oxygen atoms in total. The minimum absolute atomic E-state index is 0.161. The summed E-state index contributed by atoms with van der Waals surface area (Å²) in [5, 5.41) is 0. The molecule has 0 spiro atoms. The lowest BCUT2D eigenvalue weighted by Crippen LogP contribution is -1.76. The first-order valence-corrected chi connectivity index (χ1v) is 4.70. The summed E-state index contributed by atoms with van der Waals surface area (Å²) >= 11 is 1.76. The van der Waals surface area contributed by atoms with Crippen LogP contribution in [0.5, 0.6) is 0 Å². The molecule has 0 saturated carbocycles. The lowest BCUT2D eigenvalue weighted by atomic mass is 10.4. The maximum atomic E-state index is 12.4. The van der Waals surface area contributed by atoms with Crippen LogP contribution in [0.3, 0.4) is 0 Å². The Balaban J connectivity index is 2.52. The van der Waals surface area contributed by atoms with Gasteiger partial charge in [-0.25, -0.2) is 4.39 Å². The lowest BCUT2D eigenvalue weighted by molar-refractivity contribution is 0.626. The van der Waals surface area contributed by atoms with Crippen LogP contribution in [0, 0.1) is 5.82 Å². The normalized spacial score (nSPS) is 10.0. The van der Waals surface area contributed by atoms with Crippen LogP contribution >= 0.6 is 11.8 Å². The number of halogens is 1. The Morgan fingerprint density at radius 2 is 1.91 bits per heavy atom. The minimum atomic E-state index is -0.161. The molecule has 0 fully saturated rings. The monoisotopic (exact) mass is 170 g/mol. The molecular weight excluding hydrogens is 159 g/mol. The van der Waals surface area contributed by atoms with E-state index < -0.39 is 0 Å². The molecule has 11 heavy (non-hydrogen) atoms. The van der Waals surface area contributed by atoms with Gasteiger partial charge < -0.3 is 0 Å². The van der Waals surface area contributed by atoms with E-state index in [1.165, 1.54) is 12.1 Å². The SMILES string of the molecule is CCCSc1ccc(F)cc1. The molecule has 0 bridgehead atoms. The highest BCUT2D eigenvalue weighted by Gasteiger charge is 1.92. The second-order valence-corrected chi connectivity index (χ2v) is 3.47. The van der Waals surface area contributed by atoms with E-state index in [2.05, 4.69) is 6.92 Å². The Kier molecular flexibility index (Phi) is 3.43. The van der Waals surface area contributed by atoms with Crippen LogP contribution in [-0.2, 0) is 0 Å². The maximum Gasteiger partial charge on any atom is 0.123 e. The van der Waals surface area contributed by atoms with Gasteiger partial charge >= 0.3 is 0 Å². The van der Waals surface area contributed by atoms with E-state index in [9.17, 15) is 4.39 Å². The summed E-state index contributed by atoms with van der Waals surface area (Å²) < 4.78 is 12.4. The molecule has 1 rings (SSSR count). The van der Waals surface area contributed by atoms with Crippen LogP contribution in [0.15, 0.2) is 29.2 Å². The molecule has 0 aliphatic rings. The minimum Gasteiger partial charge on any atom is -0.207 e. The van der Waals surface area contributed by atoms with Crippen LogP contribution in [0.25, 0.3) is 0 Å². The van der Waals surface area contributed by atoms with Gasteiger partial charge in [0.25, 0.3) is 0 Å². The van der Waals surface area contributed by atoms with Gasteiger partial charge in [0, 0.05) is 4.90 Å². The fourth-order valence-corrected chi connectivity index (χ4v) is 1.52. The number of benzene rings is 1. The quantitative estimate of drug-likeness (QED) is 0.627. The summed E-state index contributed by atoms with van der Waals surface area (Å²) in [4.78, 5) is 1.15. The Hall–Kier alpha value is -0.500. The Labute approximate surface area is 70.8 Å². The zero-order valence-electron chi connectivity index (χ0n) is 6.51. The van der Waals surface area contributed by atoms with E-state index in [1.54, 1.807) is 11.8 Å². The summed E-state index contributed by atoms with van der Waals surface area (Å²) in [5.41, 5.74) is 0. The van der Waals surface area contributed by atoms with E-state index >= 15 is 0 Å². The van der Waals surface area contributed by atoms with Crippen molar-refractivity contribution in [1.29, 1.82) is 0 Å². The number of rotatable bonds is 3. The molecule has 0 atom stereocenters. The van der Waals surface area contributed by atoms with Crippen LogP contribution < -0.4 is 0 Å². The highest BCUT2D eigenvalue weighted by molar-refractivity contribution is 7.99. The van der Waals surface area contributed by atoms with Gasteiger partial charge in [0.1, 0.15) is 5.82 Å². The van der Waals surface area contributed by atoms with Crippen molar-refractivity contribution < 1.29 is 4.39 Å². The first-order chi connectivity index (χ1) is 5.33.